The summed E-state index contributed by atoms with van der Waals surface area (Å²) in [6.07, 6.45) is 18.5. The van der Waals surface area contributed by atoms with E-state index in [0.717, 1.165) is 44.9 Å². The molecule has 0 aliphatic rings. The average molecular weight is 296 g/mol. The van der Waals surface area contributed by atoms with Gasteiger partial charge in [-0.15, -0.1) is 0 Å². The molecule has 0 aromatic rings. The zero-order chi connectivity index (χ0) is 15.8. The third kappa shape index (κ3) is 16.9. The number of aliphatic carboxylic acids is 1. The summed E-state index contributed by atoms with van der Waals surface area (Å²) in [5, 5.41) is 18.2. The molecule has 122 valence electrons. The van der Waals surface area contributed by atoms with Crippen molar-refractivity contribution >= 4 is 5.97 Å². The molecule has 0 aliphatic carbocycles. The van der Waals surface area contributed by atoms with Crippen LogP contribution in [0.4, 0.5) is 0 Å². The van der Waals surface area contributed by atoms with Crippen LogP contribution in [-0.4, -0.2) is 22.3 Å². The van der Waals surface area contributed by atoms with Crippen LogP contribution >= 0.6 is 0 Å². The highest BCUT2D eigenvalue weighted by atomic mass is 16.4. The Morgan fingerprint density at radius 3 is 2.33 bits per heavy atom. The second-order valence-electron chi connectivity index (χ2n) is 5.55. The lowest BCUT2D eigenvalue weighted by molar-refractivity contribution is -0.137. The third-order valence-corrected chi connectivity index (χ3v) is 3.39. The number of rotatable bonds is 14. The number of carbonyl (C=O) groups is 1. The molecule has 2 N–H and O–H groups in total. The van der Waals surface area contributed by atoms with Gasteiger partial charge in [-0.25, -0.2) is 0 Å². The van der Waals surface area contributed by atoms with E-state index in [9.17, 15) is 9.90 Å². The fourth-order valence-electron chi connectivity index (χ4n) is 2.08. The van der Waals surface area contributed by atoms with E-state index in [4.69, 9.17) is 5.11 Å². The molecule has 0 fully saturated rings. The van der Waals surface area contributed by atoms with Crippen LogP contribution in [0.15, 0.2) is 24.3 Å². The first kappa shape index (κ1) is 19.9. The number of hydrogen-bond donors (Lipinski definition) is 2. The highest BCUT2D eigenvalue weighted by molar-refractivity contribution is 5.66. The van der Waals surface area contributed by atoms with Gasteiger partial charge in [0.05, 0.1) is 6.10 Å². The molecule has 0 aromatic carbocycles. The van der Waals surface area contributed by atoms with Crippen LogP contribution in [-0.2, 0) is 4.79 Å². The van der Waals surface area contributed by atoms with Gasteiger partial charge in [-0.3, -0.25) is 4.79 Å². The fourth-order valence-corrected chi connectivity index (χ4v) is 2.08. The lowest BCUT2D eigenvalue weighted by Crippen LogP contribution is -1.99. The predicted octanol–water partition coefficient (Wildman–Crippen LogP) is 4.86. The molecule has 0 heterocycles. The molecule has 0 aliphatic heterocycles. The van der Waals surface area contributed by atoms with Gasteiger partial charge in [0.1, 0.15) is 0 Å². The van der Waals surface area contributed by atoms with E-state index < -0.39 is 5.97 Å². The van der Waals surface area contributed by atoms with Crippen LogP contribution in [0.2, 0.25) is 0 Å². The summed E-state index contributed by atoms with van der Waals surface area (Å²) in [6.45, 7) is 2.17. The molecule has 0 bridgehead atoms. The first-order valence-electron chi connectivity index (χ1n) is 8.38. The minimum Gasteiger partial charge on any atom is -0.481 e. The van der Waals surface area contributed by atoms with Gasteiger partial charge in [0, 0.05) is 6.42 Å². The second-order valence-corrected chi connectivity index (χ2v) is 5.55. The smallest absolute Gasteiger partial charge is 0.303 e. The Morgan fingerprint density at radius 1 is 0.952 bits per heavy atom. The fraction of sp³-hybridized carbons (Fsp3) is 0.722. The summed E-state index contributed by atoms with van der Waals surface area (Å²) in [4.78, 5) is 10.3. The Hall–Kier alpha value is -1.09. The van der Waals surface area contributed by atoms with E-state index >= 15 is 0 Å². The SMILES string of the molecule is CCCC/C=C/C(O)C/C=C/CCCCCCCC(=O)O. The summed E-state index contributed by atoms with van der Waals surface area (Å²) in [5.74, 6) is -0.694. The van der Waals surface area contributed by atoms with Crippen LogP contribution in [0.3, 0.4) is 0 Å². The number of carboxylic acid groups (broad SMARTS) is 1. The van der Waals surface area contributed by atoms with E-state index in [1.54, 1.807) is 0 Å². The number of hydrogen-bond acceptors (Lipinski definition) is 2. The topological polar surface area (TPSA) is 57.5 Å². The van der Waals surface area contributed by atoms with E-state index in [1.165, 1.54) is 12.8 Å². The second kappa shape index (κ2) is 15.3. The molecular formula is C18H32O3. The van der Waals surface area contributed by atoms with Crippen LogP contribution in [0.5, 0.6) is 0 Å². The van der Waals surface area contributed by atoms with Crippen molar-refractivity contribution in [2.45, 2.75) is 83.7 Å². The molecule has 0 aromatic heterocycles. The minimum absolute atomic E-state index is 0.295. The molecule has 0 rings (SSSR count). The van der Waals surface area contributed by atoms with Gasteiger partial charge in [-0.05, 0) is 32.1 Å². The van der Waals surface area contributed by atoms with Crippen LogP contribution in [0.1, 0.15) is 77.6 Å². The Labute approximate surface area is 129 Å². The molecule has 0 saturated heterocycles. The Bertz CT molecular complexity index is 295. The van der Waals surface area contributed by atoms with E-state index in [0.29, 0.717) is 12.8 Å². The Kier molecular flexibility index (Phi) is 14.5. The number of aliphatic hydroxyl groups is 1. The summed E-state index contributed by atoms with van der Waals surface area (Å²) >= 11 is 0. The monoisotopic (exact) mass is 296 g/mol. The normalized spacial score (nSPS) is 13.2. The number of unbranched alkanes of at least 4 members (excludes halogenated alkanes) is 7. The van der Waals surface area contributed by atoms with Crippen LogP contribution in [0, 0.1) is 0 Å². The van der Waals surface area contributed by atoms with Gasteiger partial charge < -0.3 is 10.2 Å². The van der Waals surface area contributed by atoms with Gasteiger partial charge in [-0.1, -0.05) is 63.3 Å². The molecule has 0 spiro atoms. The molecule has 0 saturated carbocycles. The van der Waals surface area contributed by atoms with Crippen molar-refractivity contribution in [3.63, 3.8) is 0 Å². The lowest BCUT2D eigenvalue weighted by Gasteiger charge is -2.01. The predicted molar refractivity (Wildman–Crippen MR) is 88.4 cm³/mol. The molecule has 3 heteroatoms. The van der Waals surface area contributed by atoms with Crippen molar-refractivity contribution in [3.8, 4) is 0 Å². The van der Waals surface area contributed by atoms with Crippen molar-refractivity contribution in [2.75, 3.05) is 0 Å². The highest BCUT2D eigenvalue weighted by Gasteiger charge is 1.96. The van der Waals surface area contributed by atoms with Crippen molar-refractivity contribution in [1.29, 1.82) is 0 Å². The van der Waals surface area contributed by atoms with E-state index in [1.807, 2.05) is 6.08 Å². The maximum Gasteiger partial charge on any atom is 0.303 e. The molecule has 3 nitrogen and oxygen atoms in total. The molecular weight excluding hydrogens is 264 g/mol. The first-order valence-corrected chi connectivity index (χ1v) is 8.38. The first-order chi connectivity index (χ1) is 10.2. The standard InChI is InChI=1S/C18H32O3/c1-2-3-4-11-14-17(19)15-12-9-7-5-6-8-10-13-16-18(20)21/h9,11-12,14,17,19H,2-8,10,13,15-16H2,1H3,(H,20,21)/b12-9+,14-11+. The van der Waals surface area contributed by atoms with Crippen molar-refractivity contribution in [3.05, 3.63) is 24.3 Å². The zero-order valence-corrected chi connectivity index (χ0v) is 13.5. The van der Waals surface area contributed by atoms with Gasteiger partial charge in [0.2, 0.25) is 0 Å². The maximum atomic E-state index is 10.3. The minimum atomic E-state index is -0.694. The van der Waals surface area contributed by atoms with Crippen molar-refractivity contribution in [2.24, 2.45) is 0 Å². The van der Waals surface area contributed by atoms with Gasteiger partial charge in [0.15, 0.2) is 0 Å². The average Bonchev–Trinajstić information content (AvgIpc) is 2.45. The largest absolute Gasteiger partial charge is 0.481 e. The summed E-state index contributed by atoms with van der Waals surface area (Å²) in [6, 6.07) is 0. The van der Waals surface area contributed by atoms with Gasteiger partial charge in [0.25, 0.3) is 0 Å². The Balaban J connectivity index is 3.35. The van der Waals surface area contributed by atoms with Crippen LogP contribution < -0.4 is 0 Å². The van der Waals surface area contributed by atoms with E-state index in [-0.39, 0.29) is 6.10 Å². The molecule has 0 radical (unpaired) electrons. The molecule has 1 unspecified atom stereocenters. The molecule has 0 amide bonds. The van der Waals surface area contributed by atoms with Gasteiger partial charge >= 0.3 is 5.97 Å². The molecule has 1 atom stereocenters. The summed E-state index contributed by atoms with van der Waals surface area (Å²) in [7, 11) is 0. The number of allylic oxidation sites excluding steroid dienone is 2. The van der Waals surface area contributed by atoms with Crippen molar-refractivity contribution in [1.82, 2.24) is 0 Å². The van der Waals surface area contributed by atoms with Crippen LogP contribution in [0.25, 0.3) is 0 Å². The highest BCUT2D eigenvalue weighted by Crippen LogP contribution is 2.08. The number of carboxylic acids is 1. The zero-order valence-electron chi connectivity index (χ0n) is 13.5. The molecule has 21 heavy (non-hydrogen) atoms. The quantitative estimate of drug-likeness (QED) is 0.355. The third-order valence-electron chi connectivity index (χ3n) is 3.39. The number of aliphatic hydroxyl groups excluding tert-OH is 1. The lowest BCUT2D eigenvalue weighted by atomic mass is 10.1. The maximum absolute atomic E-state index is 10.3. The summed E-state index contributed by atoms with van der Waals surface area (Å²) < 4.78 is 0. The van der Waals surface area contributed by atoms with Gasteiger partial charge in [-0.2, -0.15) is 0 Å². The Morgan fingerprint density at radius 2 is 1.62 bits per heavy atom. The van der Waals surface area contributed by atoms with Crippen molar-refractivity contribution < 1.29 is 15.0 Å². The summed E-state index contributed by atoms with van der Waals surface area (Å²) in [5.41, 5.74) is 0. The van der Waals surface area contributed by atoms with E-state index in [2.05, 4.69) is 25.2 Å².